The first-order valence-corrected chi connectivity index (χ1v) is 5.96. The number of rotatable bonds is 9. The van der Waals surface area contributed by atoms with Crippen molar-refractivity contribution in [2.75, 3.05) is 38.7 Å². The maximum absolute atomic E-state index is 11.7. The summed E-state index contributed by atoms with van der Waals surface area (Å²) in [5.74, 6) is 0.612. The van der Waals surface area contributed by atoms with Gasteiger partial charge in [0.25, 0.3) is 0 Å². The highest BCUT2D eigenvalue weighted by molar-refractivity contribution is 6.17. The van der Waals surface area contributed by atoms with Crippen molar-refractivity contribution in [1.29, 1.82) is 0 Å². The maximum Gasteiger partial charge on any atom is 0.411 e. The number of ether oxygens (including phenoxy) is 1. The predicted molar refractivity (Wildman–Crippen MR) is 58.9 cm³/mol. The first-order chi connectivity index (χ1) is 7.49. The van der Waals surface area contributed by atoms with Crippen molar-refractivity contribution in [3.8, 4) is 0 Å². The molecule has 0 N–H and O–H groups in total. The minimum absolute atomic E-state index is 0.150. The summed E-state index contributed by atoms with van der Waals surface area (Å²) in [5, 5.41) is 0. The molecule has 0 aromatic carbocycles. The molecule has 0 aliphatic heterocycles. The van der Waals surface area contributed by atoms with Crippen LogP contribution in [0.15, 0.2) is 0 Å². The lowest BCUT2D eigenvalue weighted by Gasteiger charge is -2.19. The zero-order chi connectivity index (χ0) is 12.4. The van der Waals surface area contributed by atoms with Gasteiger partial charge in [-0.05, 0) is 25.9 Å². The van der Waals surface area contributed by atoms with Gasteiger partial charge in [0.1, 0.15) is 6.61 Å². The highest BCUT2D eigenvalue weighted by Crippen LogP contribution is 2.14. The summed E-state index contributed by atoms with van der Waals surface area (Å²) in [6.45, 7) is 3.54. The van der Waals surface area contributed by atoms with Crippen LogP contribution in [0.1, 0.15) is 19.8 Å². The molecule has 0 rings (SSSR count). The number of hydrogen-bond acceptors (Lipinski definition) is 2. The van der Waals surface area contributed by atoms with Crippen LogP contribution in [-0.2, 0) is 4.74 Å². The van der Waals surface area contributed by atoms with Gasteiger partial charge in [0.2, 0.25) is 0 Å². The van der Waals surface area contributed by atoms with Crippen LogP contribution >= 0.6 is 11.6 Å². The first-order valence-electron chi connectivity index (χ1n) is 5.42. The Balaban J connectivity index is 3.41. The van der Waals surface area contributed by atoms with Crippen molar-refractivity contribution in [3.63, 3.8) is 0 Å². The summed E-state index contributed by atoms with van der Waals surface area (Å²) in [6, 6.07) is 0. The fourth-order valence-electron chi connectivity index (χ4n) is 1.29. The molecule has 2 nitrogen and oxygen atoms in total. The van der Waals surface area contributed by atoms with Gasteiger partial charge in [-0.1, -0.05) is 6.92 Å². The summed E-state index contributed by atoms with van der Waals surface area (Å²) >= 11 is 5.56. The average molecular weight is 262 g/mol. The van der Waals surface area contributed by atoms with Crippen LogP contribution in [0.4, 0.5) is 13.2 Å². The highest BCUT2D eigenvalue weighted by atomic mass is 35.5. The van der Waals surface area contributed by atoms with Crippen LogP contribution in [0.3, 0.4) is 0 Å². The third-order valence-electron chi connectivity index (χ3n) is 2.08. The van der Waals surface area contributed by atoms with E-state index in [0.29, 0.717) is 12.3 Å². The maximum atomic E-state index is 11.7. The standard InChI is InChI=1S/C10H19ClF3NO/c1-2-15(6-3-5-11)7-4-8-16-9-10(12,13)14/h2-9H2,1H3. The molecule has 0 saturated carbocycles. The lowest BCUT2D eigenvalue weighted by molar-refractivity contribution is -0.174. The Morgan fingerprint density at radius 3 is 2.31 bits per heavy atom. The van der Waals surface area contributed by atoms with Crippen LogP contribution in [0.2, 0.25) is 0 Å². The third-order valence-corrected chi connectivity index (χ3v) is 2.35. The molecule has 0 atom stereocenters. The molecule has 6 heteroatoms. The fraction of sp³-hybridized carbons (Fsp3) is 1.00. The lowest BCUT2D eigenvalue weighted by atomic mass is 10.3. The van der Waals surface area contributed by atoms with Crippen molar-refractivity contribution in [2.45, 2.75) is 25.9 Å². The summed E-state index contributed by atoms with van der Waals surface area (Å²) < 4.78 is 39.7. The van der Waals surface area contributed by atoms with Gasteiger partial charge >= 0.3 is 6.18 Å². The number of alkyl halides is 4. The SMILES string of the molecule is CCN(CCCCl)CCCOCC(F)(F)F. The van der Waals surface area contributed by atoms with Crippen LogP contribution in [0.25, 0.3) is 0 Å². The van der Waals surface area contributed by atoms with Gasteiger partial charge < -0.3 is 9.64 Å². The lowest BCUT2D eigenvalue weighted by Crippen LogP contribution is -2.27. The highest BCUT2D eigenvalue weighted by Gasteiger charge is 2.27. The molecule has 16 heavy (non-hydrogen) atoms. The van der Waals surface area contributed by atoms with Crippen LogP contribution in [0, 0.1) is 0 Å². The van der Waals surface area contributed by atoms with Gasteiger partial charge in [0.05, 0.1) is 0 Å². The molecule has 0 radical (unpaired) electrons. The predicted octanol–water partition coefficient (Wildman–Crippen LogP) is 2.91. The van der Waals surface area contributed by atoms with Gasteiger partial charge in [-0.2, -0.15) is 13.2 Å². The van der Waals surface area contributed by atoms with Crippen LogP contribution in [0.5, 0.6) is 0 Å². The topological polar surface area (TPSA) is 12.5 Å². The smallest absolute Gasteiger partial charge is 0.372 e. The second kappa shape index (κ2) is 9.07. The van der Waals surface area contributed by atoms with Gasteiger partial charge in [-0.25, -0.2) is 0 Å². The quantitative estimate of drug-likeness (QED) is 0.467. The van der Waals surface area contributed by atoms with E-state index in [1.54, 1.807) is 0 Å². The average Bonchev–Trinajstić information content (AvgIpc) is 2.20. The summed E-state index contributed by atoms with van der Waals surface area (Å²) in [7, 11) is 0. The second-order valence-electron chi connectivity index (χ2n) is 3.50. The summed E-state index contributed by atoms with van der Waals surface area (Å²) in [6.07, 6.45) is -2.70. The zero-order valence-corrected chi connectivity index (χ0v) is 10.3. The van der Waals surface area contributed by atoms with Gasteiger partial charge in [0, 0.05) is 19.0 Å². The van der Waals surface area contributed by atoms with Gasteiger partial charge in [0.15, 0.2) is 0 Å². The van der Waals surface area contributed by atoms with E-state index in [1.807, 2.05) is 6.92 Å². The Bertz CT molecular complexity index is 167. The Morgan fingerprint density at radius 2 is 1.81 bits per heavy atom. The molecular weight excluding hydrogens is 243 g/mol. The van der Waals surface area contributed by atoms with E-state index in [-0.39, 0.29) is 6.61 Å². The molecule has 0 aliphatic rings. The molecule has 0 spiro atoms. The Labute approximate surface area is 99.7 Å². The molecular formula is C10H19ClF3NO. The second-order valence-corrected chi connectivity index (χ2v) is 3.88. The molecule has 0 saturated heterocycles. The van der Waals surface area contributed by atoms with E-state index < -0.39 is 12.8 Å². The van der Waals surface area contributed by atoms with Crippen molar-refractivity contribution in [3.05, 3.63) is 0 Å². The number of halogens is 4. The molecule has 0 bridgehead atoms. The molecule has 98 valence electrons. The van der Waals surface area contributed by atoms with Gasteiger partial charge in [-0.15, -0.1) is 11.6 Å². The van der Waals surface area contributed by atoms with Crippen LogP contribution in [-0.4, -0.2) is 49.8 Å². The Morgan fingerprint density at radius 1 is 1.19 bits per heavy atom. The monoisotopic (exact) mass is 261 g/mol. The van der Waals surface area contributed by atoms with Crippen molar-refractivity contribution < 1.29 is 17.9 Å². The number of nitrogens with zero attached hydrogens (tertiary/aromatic N) is 1. The van der Waals surface area contributed by atoms with Crippen molar-refractivity contribution >= 4 is 11.6 Å². The zero-order valence-electron chi connectivity index (χ0n) is 9.52. The van der Waals surface area contributed by atoms with E-state index in [9.17, 15) is 13.2 Å². The summed E-state index contributed by atoms with van der Waals surface area (Å²) in [4.78, 5) is 2.15. The van der Waals surface area contributed by atoms with Crippen molar-refractivity contribution in [1.82, 2.24) is 4.90 Å². The molecule has 0 amide bonds. The molecule has 0 fully saturated rings. The first kappa shape index (κ1) is 16.0. The Kier molecular flexibility index (Phi) is 9.07. The fourth-order valence-corrected chi connectivity index (χ4v) is 1.41. The minimum Gasteiger partial charge on any atom is -0.372 e. The third kappa shape index (κ3) is 10.5. The molecule has 0 aliphatic carbocycles. The van der Waals surface area contributed by atoms with Crippen molar-refractivity contribution in [2.24, 2.45) is 0 Å². The number of hydrogen-bond donors (Lipinski definition) is 0. The molecule has 0 heterocycles. The van der Waals surface area contributed by atoms with E-state index in [1.165, 1.54) is 0 Å². The van der Waals surface area contributed by atoms with E-state index >= 15 is 0 Å². The summed E-state index contributed by atoms with van der Waals surface area (Å²) in [5.41, 5.74) is 0. The van der Waals surface area contributed by atoms with E-state index in [0.717, 1.165) is 26.1 Å². The minimum atomic E-state index is -4.22. The normalized spacial score (nSPS) is 12.4. The van der Waals surface area contributed by atoms with E-state index in [2.05, 4.69) is 9.64 Å². The molecule has 0 unspecified atom stereocenters. The van der Waals surface area contributed by atoms with Crippen LogP contribution < -0.4 is 0 Å². The largest absolute Gasteiger partial charge is 0.411 e. The Hall–Kier alpha value is -0.0000000000000000555. The van der Waals surface area contributed by atoms with E-state index in [4.69, 9.17) is 11.6 Å². The van der Waals surface area contributed by atoms with Gasteiger partial charge in [-0.3, -0.25) is 0 Å². The molecule has 0 aromatic heterocycles. The molecule has 0 aromatic rings.